The van der Waals surface area contributed by atoms with Gasteiger partial charge in [-0.3, -0.25) is 24.3 Å². The predicted molar refractivity (Wildman–Crippen MR) is 284 cm³/mol. The first-order valence-electron chi connectivity index (χ1n) is 25.8. The number of aliphatic hydroxyl groups is 1. The van der Waals surface area contributed by atoms with Crippen molar-refractivity contribution in [3.63, 3.8) is 0 Å². The van der Waals surface area contributed by atoms with Crippen molar-refractivity contribution in [2.24, 2.45) is 11.3 Å². The Balaban J connectivity index is 1.51. The SMILES string of the molecule is C=C1CCC=C(c2cnc([C@H](C)OC)c(-c3c(CC(C)(C)CO)c4cc(C5=CCCN(C[C@H](NC(=O)OC(C)(C)C)C(=O)/C=C\CCC[C@H](NC)C(=O)C=O)C5)ccc4n3CC)c2)C[C@H]1CCCCC. The lowest BCUT2D eigenvalue weighted by molar-refractivity contribution is -0.131. The van der Waals surface area contributed by atoms with E-state index in [1.807, 2.05) is 6.20 Å². The summed E-state index contributed by atoms with van der Waals surface area (Å²) in [4.78, 5) is 57.3. The molecule has 0 spiro atoms. The highest BCUT2D eigenvalue weighted by molar-refractivity contribution is 6.27. The summed E-state index contributed by atoms with van der Waals surface area (Å²) in [7, 11) is 3.38. The van der Waals surface area contributed by atoms with E-state index in [-0.39, 0.29) is 25.0 Å². The van der Waals surface area contributed by atoms with Crippen molar-refractivity contribution in [2.75, 3.05) is 40.4 Å². The second-order valence-electron chi connectivity index (χ2n) is 21.2. The summed E-state index contributed by atoms with van der Waals surface area (Å²) in [5, 5.41) is 17.6. The summed E-state index contributed by atoms with van der Waals surface area (Å²) in [5.41, 5.74) is 10.1. The van der Waals surface area contributed by atoms with Crippen LogP contribution in [0.5, 0.6) is 0 Å². The van der Waals surface area contributed by atoms with Crippen LogP contribution in [-0.4, -0.2) is 102 Å². The number of unbranched alkanes of at least 4 members (excludes halogenated alkanes) is 3. The average Bonchev–Trinajstić information content (AvgIpc) is 3.50. The molecule has 0 fully saturated rings. The third-order valence-electron chi connectivity index (χ3n) is 13.9. The number of alkyl carbamates (subject to hydrolysis) is 1. The number of aryl methyl sites for hydroxylation is 1. The predicted octanol–water partition coefficient (Wildman–Crippen LogP) is 10.9. The highest BCUT2D eigenvalue weighted by atomic mass is 16.6. The van der Waals surface area contributed by atoms with E-state index >= 15 is 0 Å². The Morgan fingerprint density at radius 2 is 1.76 bits per heavy atom. The number of ether oxygens (including phenoxy) is 2. The number of aromatic nitrogens is 2. The first-order chi connectivity index (χ1) is 33.4. The Hall–Kier alpha value is -5.01. The molecule has 0 saturated carbocycles. The van der Waals surface area contributed by atoms with Crippen molar-refractivity contribution in [3.05, 3.63) is 89.3 Å². The van der Waals surface area contributed by atoms with Crippen LogP contribution in [0.1, 0.15) is 155 Å². The van der Waals surface area contributed by atoms with Crippen LogP contribution in [0.3, 0.4) is 0 Å². The van der Waals surface area contributed by atoms with Gasteiger partial charge in [0.1, 0.15) is 11.6 Å². The van der Waals surface area contributed by atoms with E-state index in [2.05, 4.69) is 97.7 Å². The fourth-order valence-corrected chi connectivity index (χ4v) is 9.91. The molecular formula is C58H83N5O7. The number of allylic oxidation sites excluding steroid dienone is 4. The number of aliphatic hydroxyl groups excluding tert-OH is 1. The van der Waals surface area contributed by atoms with Gasteiger partial charge in [-0.1, -0.05) is 76.5 Å². The Morgan fingerprint density at radius 3 is 2.43 bits per heavy atom. The van der Waals surface area contributed by atoms with E-state index in [0.717, 1.165) is 88.8 Å². The summed E-state index contributed by atoms with van der Waals surface area (Å²) in [6.07, 6.45) is 20.0. The first-order valence-corrected chi connectivity index (χ1v) is 25.8. The van der Waals surface area contributed by atoms with Crippen molar-refractivity contribution in [1.29, 1.82) is 0 Å². The quantitative estimate of drug-likeness (QED) is 0.0246. The number of hydrogen-bond donors (Lipinski definition) is 3. The monoisotopic (exact) mass is 962 g/mol. The fraction of sp³-hybridized carbons (Fsp3) is 0.569. The standard InChI is InChI=1S/C58H83N5O7/c1-12-14-16-22-41-30-42(23-19-21-39(41)3)45-32-47(54(60-34-45)40(4)69-11)55-48(33-58(8,9)38-65)46-31-43(27-28-51(46)63(55)13-2)44-24-20-29-62(35-44)36-50(61-56(68)70-57(5,6)7)52(66)26-18-15-17-25-49(59-10)53(67)37-64/h18,23-24,26-28,31-32,34,37,40-41,49-50,59,65H,3,12-17,19-22,25,29-30,33,35-36,38H2,1-2,4-11H3,(H,61,68)/b26-18-/t40-,41+,49-,50-/m0/s1. The molecule has 3 N–H and O–H groups in total. The molecule has 2 aromatic heterocycles. The molecule has 5 rings (SSSR count). The number of amides is 1. The van der Waals surface area contributed by atoms with E-state index in [1.54, 1.807) is 41.0 Å². The maximum Gasteiger partial charge on any atom is 0.408 e. The van der Waals surface area contributed by atoms with E-state index < -0.39 is 35.0 Å². The van der Waals surface area contributed by atoms with Crippen LogP contribution in [0.15, 0.2) is 66.9 Å². The lowest BCUT2D eigenvalue weighted by Gasteiger charge is -2.31. The zero-order chi connectivity index (χ0) is 51.2. The third kappa shape index (κ3) is 15.0. The number of fused-ring (bicyclic) bond motifs is 1. The van der Waals surface area contributed by atoms with Gasteiger partial charge in [-0.05, 0) is 163 Å². The third-order valence-corrected chi connectivity index (χ3v) is 13.9. The van der Waals surface area contributed by atoms with Gasteiger partial charge in [0.05, 0.1) is 23.5 Å². The van der Waals surface area contributed by atoms with Gasteiger partial charge in [-0.15, -0.1) is 0 Å². The molecule has 12 heteroatoms. The van der Waals surface area contributed by atoms with Crippen molar-refractivity contribution in [3.8, 4) is 11.3 Å². The summed E-state index contributed by atoms with van der Waals surface area (Å²) >= 11 is 0. The molecule has 0 bridgehead atoms. The Labute approximate surface area is 418 Å². The number of carbonyl (C=O) groups excluding carboxylic acids is 4. The summed E-state index contributed by atoms with van der Waals surface area (Å²) < 4.78 is 14.0. The number of pyridine rings is 1. The van der Waals surface area contributed by atoms with Gasteiger partial charge in [-0.2, -0.15) is 0 Å². The van der Waals surface area contributed by atoms with Crippen LogP contribution >= 0.6 is 0 Å². The normalized spacial score (nSPS) is 17.5. The molecule has 3 aromatic rings. The molecule has 2 aliphatic rings. The lowest BCUT2D eigenvalue weighted by atomic mass is 9.83. The zero-order valence-corrected chi connectivity index (χ0v) is 44.0. The van der Waals surface area contributed by atoms with Gasteiger partial charge in [0.25, 0.3) is 0 Å². The Kier molecular flexibility index (Phi) is 20.7. The number of rotatable bonds is 25. The van der Waals surface area contributed by atoms with Crippen molar-refractivity contribution in [1.82, 2.24) is 25.1 Å². The number of nitrogens with one attached hydrogen (secondary N) is 2. The molecule has 382 valence electrons. The second kappa shape index (κ2) is 25.9. The van der Waals surface area contributed by atoms with Crippen molar-refractivity contribution >= 4 is 46.0 Å². The van der Waals surface area contributed by atoms with Crippen LogP contribution in [0.2, 0.25) is 0 Å². The number of methoxy groups -OCH3 is 1. The number of Topliss-reactive ketones (excluding diaryl/α,β-unsaturated/α-hetero) is 1. The van der Waals surface area contributed by atoms with Crippen molar-refractivity contribution in [2.45, 2.75) is 163 Å². The number of nitrogens with zero attached hydrogens (tertiary/aromatic N) is 3. The molecule has 70 heavy (non-hydrogen) atoms. The number of carbonyl (C=O) groups is 4. The van der Waals surface area contributed by atoms with E-state index in [4.69, 9.17) is 14.5 Å². The molecule has 0 saturated heterocycles. The molecule has 1 aromatic carbocycles. The lowest BCUT2D eigenvalue weighted by Crippen LogP contribution is -2.50. The maximum atomic E-state index is 13.8. The number of aldehydes is 1. The van der Waals surface area contributed by atoms with Crippen LogP contribution in [0.4, 0.5) is 4.79 Å². The highest BCUT2D eigenvalue weighted by Gasteiger charge is 2.31. The van der Waals surface area contributed by atoms with Crippen LogP contribution in [-0.2, 0) is 36.8 Å². The Morgan fingerprint density at radius 1 is 1.00 bits per heavy atom. The minimum Gasteiger partial charge on any atom is -0.444 e. The number of benzene rings is 1. The largest absolute Gasteiger partial charge is 0.444 e. The van der Waals surface area contributed by atoms with Crippen molar-refractivity contribution < 1.29 is 33.8 Å². The molecule has 0 radical (unpaired) electrons. The average molecular weight is 962 g/mol. The zero-order valence-electron chi connectivity index (χ0n) is 44.0. The minimum atomic E-state index is -0.865. The topological polar surface area (TPSA) is 152 Å². The van der Waals surface area contributed by atoms with Gasteiger partial charge >= 0.3 is 6.09 Å². The Bertz CT molecular complexity index is 2400. The van der Waals surface area contributed by atoms with Crippen LogP contribution < -0.4 is 10.6 Å². The van der Waals surface area contributed by atoms with Crippen LogP contribution in [0.25, 0.3) is 33.3 Å². The van der Waals surface area contributed by atoms with E-state index in [0.29, 0.717) is 51.0 Å². The van der Waals surface area contributed by atoms with E-state index in [9.17, 15) is 24.3 Å². The van der Waals surface area contributed by atoms with Gasteiger partial charge in [0.2, 0.25) is 5.78 Å². The van der Waals surface area contributed by atoms with Gasteiger partial charge in [0, 0.05) is 62.6 Å². The molecule has 3 heterocycles. The highest BCUT2D eigenvalue weighted by Crippen LogP contribution is 2.43. The number of ketones is 2. The molecule has 1 aliphatic heterocycles. The molecule has 4 atom stereocenters. The van der Waals surface area contributed by atoms with Gasteiger partial charge < -0.3 is 29.8 Å². The van der Waals surface area contributed by atoms with Gasteiger partial charge in [0.15, 0.2) is 12.1 Å². The smallest absolute Gasteiger partial charge is 0.408 e. The summed E-state index contributed by atoms with van der Waals surface area (Å²) in [6.45, 7) is 22.9. The summed E-state index contributed by atoms with van der Waals surface area (Å²) in [5.74, 6) is -0.309. The maximum absolute atomic E-state index is 13.8. The molecule has 1 amide bonds. The number of likely N-dealkylation sites (N-methyl/N-ethyl adjacent to an activating group) is 1. The number of hydrogen-bond acceptors (Lipinski definition) is 10. The fourth-order valence-electron chi connectivity index (χ4n) is 9.91. The molecule has 0 unspecified atom stereocenters. The summed E-state index contributed by atoms with van der Waals surface area (Å²) in [6, 6.07) is 7.62. The van der Waals surface area contributed by atoms with E-state index in [1.165, 1.54) is 36.5 Å². The minimum absolute atomic E-state index is 0.0203. The molecule has 12 nitrogen and oxygen atoms in total. The molecular weight excluding hydrogens is 879 g/mol. The second-order valence-corrected chi connectivity index (χ2v) is 21.2. The van der Waals surface area contributed by atoms with Crippen LogP contribution in [0, 0.1) is 11.3 Å². The first kappa shape index (κ1) is 55.9. The molecule has 1 aliphatic carbocycles. The van der Waals surface area contributed by atoms with Gasteiger partial charge in [-0.25, -0.2) is 4.79 Å².